The molecule has 0 spiro atoms. The van der Waals surface area contributed by atoms with Gasteiger partial charge in [-0.1, -0.05) is 55.3 Å². The van der Waals surface area contributed by atoms with Gasteiger partial charge in [0.15, 0.2) is 0 Å². The van der Waals surface area contributed by atoms with E-state index < -0.39 is 0 Å². The Balaban J connectivity index is 2.83. The Bertz CT molecular complexity index is 417. The van der Waals surface area contributed by atoms with Crippen LogP contribution in [0.4, 0.5) is 0 Å². The Morgan fingerprint density at radius 3 is 2.43 bits per heavy atom. The third kappa shape index (κ3) is 5.76. The number of hydrogen-bond acceptors (Lipinski definition) is 3. The molecule has 21 heavy (non-hydrogen) atoms. The molecule has 1 aromatic rings. The minimum Gasteiger partial charge on any atom is -0.409 e. The summed E-state index contributed by atoms with van der Waals surface area (Å²) in [5, 5.41) is 12.3. The predicted molar refractivity (Wildman–Crippen MR) is 88.8 cm³/mol. The van der Waals surface area contributed by atoms with E-state index in [4.69, 9.17) is 10.9 Å². The number of benzene rings is 1. The van der Waals surface area contributed by atoms with Gasteiger partial charge < -0.3 is 10.9 Å². The highest BCUT2D eigenvalue weighted by atomic mass is 16.4. The largest absolute Gasteiger partial charge is 0.409 e. The van der Waals surface area contributed by atoms with E-state index in [1.165, 1.54) is 19.3 Å². The van der Waals surface area contributed by atoms with Gasteiger partial charge in [0.05, 0.1) is 5.92 Å². The molecule has 1 atom stereocenters. The van der Waals surface area contributed by atoms with Crippen molar-refractivity contribution in [2.45, 2.75) is 52.0 Å². The first-order chi connectivity index (χ1) is 10.1. The summed E-state index contributed by atoms with van der Waals surface area (Å²) in [5.74, 6) is 0.211. The van der Waals surface area contributed by atoms with Crippen LogP contribution >= 0.6 is 0 Å². The Kier molecular flexibility index (Phi) is 7.83. The summed E-state index contributed by atoms with van der Waals surface area (Å²) in [6.07, 6.45) is 3.64. The fourth-order valence-corrected chi connectivity index (χ4v) is 2.48. The van der Waals surface area contributed by atoms with Crippen LogP contribution in [0.1, 0.15) is 51.5 Å². The molecule has 0 saturated heterocycles. The normalized spacial score (nSPS) is 13.9. The standard InChI is InChI=1S/C17H29N3O/c1-4-5-9-12-20(14(2)3)13-16(17(18)19-21)15-10-7-6-8-11-15/h6-8,10-11,14,16,21H,4-5,9,12-13H2,1-3H3,(H2,18,19). The summed E-state index contributed by atoms with van der Waals surface area (Å²) in [7, 11) is 0. The van der Waals surface area contributed by atoms with Crippen molar-refractivity contribution in [3.8, 4) is 0 Å². The summed E-state index contributed by atoms with van der Waals surface area (Å²) >= 11 is 0. The number of unbranched alkanes of at least 4 members (excludes halogenated alkanes) is 2. The molecule has 0 fully saturated rings. The summed E-state index contributed by atoms with van der Waals surface area (Å²) in [6, 6.07) is 10.5. The van der Waals surface area contributed by atoms with Crippen LogP contribution < -0.4 is 5.73 Å². The molecule has 0 amide bonds. The molecule has 1 unspecified atom stereocenters. The number of oxime groups is 1. The van der Waals surface area contributed by atoms with Gasteiger partial charge in [0.1, 0.15) is 5.84 Å². The maximum Gasteiger partial charge on any atom is 0.147 e. The molecular formula is C17H29N3O. The molecule has 0 bridgehead atoms. The third-order valence-corrected chi connectivity index (χ3v) is 3.87. The van der Waals surface area contributed by atoms with Gasteiger partial charge in [-0.2, -0.15) is 0 Å². The lowest BCUT2D eigenvalue weighted by Gasteiger charge is -2.30. The Morgan fingerprint density at radius 2 is 1.90 bits per heavy atom. The number of rotatable bonds is 9. The van der Waals surface area contributed by atoms with Crippen molar-refractivity contribution >= 4 is 5.84 Å². The minimum absolute atomic E-state index is 0.0692. The highest BCUT2D eigenvalue weighted by molar-refractivity contribution is 5.87. The molecule has 0 saturated carbocycles. The van der Waals surface area contributed by atoms with Crippen LogP contribution in [0, 0.1) is 0 Å². The van der Waals surface area contributed by atoms with E-state index in [0.29, 0.717) is 6.04 Å². The molecule has 4 nitrogen and oxygen atoms in total. The van der Waals surface area contributed by atoms with E-state index in [0.717, 1.165) is 18.7 Å². The van der Waals surface area contributed by atoms with E-state index in [9.17, 15) is 0 Å². The van der Waals surface area contributed by atoms with Gasteiger partial charge in [0.25, 0.3) is 0 Å². The smallest absolute Gasteiger partial charge is 0.147 e. The van der Waals surface area contributed by atoms with E-state index >= 15 is 0 Å². The predicted octanol–water partition coefficient (Wildman–Crippen LogP) is 3.42. The van der Waals surface area contributed by atoms with Crippen molar-refractivity contribution in [1.29, 1.82) is 0 Å². The van der Waals surface area contributed by atoms with Gasteiger partial charge in [0.2, 0.25) is 0 Å². The molecule has 4 heteroatoms. The summed E-state index contributed by atoms with van der Waals surface area (Å²) in [5.41, 5.74) is 7.02. The summed E-state index contributed by atoms with van der Waals surface area (Å²) in [6.45, 7) is 8.43. The topological polar surface area (TPSA) is 61.8 Å². The zero-order valence-electron chi connectivity index (χ0n) is 13.5. The van der Waals surface area contributed by atoms with Gasteiger partial charge in [-0.15, -0.1) is 0 Å². The highest BCUT2D eigenvalue weighted by Gasteiger charge is 2.21. The zero-order valence-corrected chi connectivity index (χ0v) is 13.5. The first-order valence-electron chi connectivity index (χ1n) is 7.86. The van der Waals surface area contributed by atoms with Crippen molar-refractivity contribution in [3.05, 3.63) is 35.9 Å². The average molecular weight is 291 g/mol. The third-order valence-electron chi connectivity index (χ3n) is 3.87. The molecule has 0 aromatic heterocycles. The van der Waals surface area contributed by atoms with Crippen LogP contribution in [0.3, 0.4) is 0 Å². The molecule has 0 radical (unpaired) electrons. The van der Waals surface area contributed by atoms with Crippen LogP contribution in [0.25, 0.3) is 0 Å². The average Bonchev–Trinajstić information content (AvgIpc) is 2.50. The molecule has 0 heterocycles. The summed E-state index contributed by atoms with van der Waals surface area (Å²) < 4.78 is 0. The van der Waals surface area contributed by atoms with E-state index in [1.54, 1.807) is 0 Å². The minimum atomic E-state index is -0.0692. The van der Waals surface area contributed by atoms with Crippen molar-refractivity contribution in [1.82, 2.24) is 4.90 Å². The van der Waals surface area contributed by atoms with Gasteiger partial charge in [-0.05, 0) is 32.4 Å². The van der Waals surface area contributed by atoms with E-state index in [1.807, 2.05) is 30.3 Å². The van der Waals surface area contributed by atoms with Crippen LogP contribution in [0.5, 0.6) is 0 Å². The Morgan fingerprint density at radius 1 is 1.24 bits per heavy atom. The lowest BCUT2D eigenvalue weighted by molar-refractivity contribution is 0.213. The molecule has 3 N–H and O–H groups in total. The van der Waals surface area contributed by atoms with Crippen LogP contribution in [-0.4, -0.2) is 35.1 Å². The fourth-order valence-electron chi connectivity index (χ4n) is 2.48. The number of hydrogen-bond donors (Lipinski definition) is 2. The maximum absolute atomic E-state index is 9.08. The van der Waals surface area contributed by atoms with Crippen LogP contribution in [-0.2, 0) is 0 Å². The quantitative estimate of drug-likeness (QED) is 0.241. The van der Waals surface area contributed by atoms with E-state index in [2.05, 4.69) is 30.8 Å². The first kappa shape index (κ1) is 17.5. The molecule has 0 aliphatic rings. The zero-order chi connectivity index (χ0) is 15.7. The number of nitrogens with two attached hydrogens (primary N) is 1. The highest BCUT2D eigenvalue weighted by Crippen LogP contribution is 2.19. The maximum atomic E-state index is 9.08. The Labute approximate surface area is 128 Å². The van der Waals surface area contributed by atoms with Crippen molar-refractivity contribution < 1.29 is 5.21 Å². The first-order valence-corrected chi connectivity index (χ1v) is 7.86. The van der Waals surface area contributed by atoms with Gasteiger partial charge in [0, 0.05) is 12.6 Å². The lowest BCUT2D eigenvalue weighted by atomic mass is 9.96. The van der Waals surface area contributed by atoms with Gasteiger partial charge >= 0.3 is 0 Å². The van der Waals surface area contributed by atoms with Gasteiger partial charge in [-0.3, -0.25) is 4.90 Å². The van der Waals surface area contributed by atoms with Gasteiger partial charge in [-0.25, -0.2) is 0 Å². The monoisotopic (exact) mass is 291 g/mol. The lowest BCUT2D eigenvalue weighted by Crippen LogP contribution is -2.39. The van der Waals surface area contributed by atoms with Crippen molar-refractivity contribution in [2.75, 3.05) is 13.1 Å². The fraction of sp³-hybridized carbons (Fsp3) is 0.588. The molecular weight excluding hydrogens is 262 g/mol. The van der Waals surface area contributed by atoms with Crippen LogP contribution in [0.15, 0.2) is 35.5 Å². The van der Waals surface area contributed by atoms with Crippen molar-refractivity contribution in [2.24, 2.45) is 10.9 Å². The molecule has 0 aliphatic heterocycles. The molecule has 118 valence electrons. The van der Waals surface area contributed by atoms with Crippen molar-refractivity contribution in [3.63, 3.8) is 0 Å². The second-order valence-corrected chi connectivity index (χ2v) is 5.78. The second kappa shape index (κ2) is 9.40. The molecule has 0 aliphatic carbocycles. The Hall–Kier alpha value is -1.55. The summed E-state index contributed by atoms with van der Waals surface area (Å²) in [4.78, 5) is 2.41. The molecule has 1 aromatic carbocycles. The van der Waals surface area contributed by atoms with E-state index in [-0.39, 0.29) is 11.8 Å². The van der Waals surface area contributed by atoms with Crippen LogP contribution in [0.2, 0.25) is 0 Å². The molecule has 1 rings (SSSR count). The second-order valence-electron chi connectivity index (χ2n) is 5.78. The number of nitrogens with zero attached hydrogens (tertiary/aromatic N) is 2. The number of amidine groups is 1. The SMILES string of the molecule is CCCCCN(CC(C(N)=NO)c1ccccc1)C(C)C.